The summed E-state index contributed by atoms with van der Waals surface area (Å²) in [5.41, 5.74) is 5.41. The molecule has 0 aliphatic carbocycles. The highest BCUT2D eigenvalue weighted by atomic mass is 16.5. The second kappa shape index (κ2) is 3.29. The van der Waals surface area contributed by atoms with Gasteiger partial charge in [-0.25, -0.2) is 4.98 Å². The van der Waals surface area contributed by atoms with Crippen LogP contribution in [0.3, 0.4) is 0 Å². The first-order chi connectivity index (χ1) is 6.74. The highest BCUT2D eigenvalue weighted by Gasteiger charge is 2.00. The molecule has 0 saturated carbocycles. The molecule has 1 aromatic heterocycles. The predicted molar refractivity (Wildman–Crippen MR) is 51.2 cm³/mol. The lowest BCUT2D eigenvalue weighted by Gasteiger charge is -2.01. The third-order valence-corrected chi connectivity index (χ3v) is 1.60. The highest BCUT2D eigenvalue weighted by molar-refractivity contribution is 5.34. The lowest BCUT2D eigenvalue weighted by molar-refractivity contribution is 0.435. The number of hydrogen-bond acceptors (Lipinski definition) is 4. The smallest absolute Gasteiger partial charge is 0.300 e. The van der Waals surface area contributed by atoms with Crippen LogP contribution in [0.2, 0.25) is 0 Å². The van der Waals surface area contributed by atoms with Crippen LogP contribution < -0.4 is 10.5 Å². The summed E-state index contributed by atoms with van der Waals surface area (Å²) < 4.78 is 5.27. The van der Waals surface area contributed by atoms with E-state index in [2.05, 4.69) is 9.97 Å². The van der Waals surface area contributed by atoms with Gasteiger partial charge in [-0.2, -0.15) is 0 Å². The average Bonchev–Trinajstić information content (AvgIpc) is 2.51. The molecule has 1 aromatic carbocycles. The van der Waals surface area contributed by atoms with Gasteiger partial charge in [-0.15, -0.1) is 0 Å². The summed E-state index contributed by atoms with van der Waals surface area (Å²) in [4.78, 5) is 6.56. The number of hydrogen-bond donors (Lipinski definition) is 3. The molecule has 0 bridgehead atoms. The Labute approximate surface area is 80.2 Å². The third kappa shape index (κ3) is 1.77. The Morgan fingerprint density at radius 2 is 2.29 bits per heavy atom. The first-order valence-electron chi connectivity index (χ1n) is 4.01. The van der Waals surface area contributed by atoms with E-state index < -0.39 is 0 Å². The maximum atomic E-state index is 9.16. The van der Waals surface area contributed by atoms with E-state index in [1.54, 1.807) is 18.2 Å². The molecule has 0 unspecified atom stereocenters. The minimum Gasteiger partial charge on any atom is -0.508 e. The Morgan fingerprint density at radius 3 is 2.93 bits per heavy atom. The van der Waals surface area contributed by atoms with Crippen LogP contribution >= 0.6 is 0 Å². The number of benzene rings is 1. The van der Waals surface area contributed by atoms with Crippen molar-refractivity contribution < 1.29 is 9.84 Å². The van der Waals surface area contributed by atoms with Crippen LogP contribution in [0.4, 0.5) is 5.82 Å². The van der Waals surface area contributed by atoms with E-state index in [4.69, 9.17) is 15.6 Å². The first-order valence-corrected chi connectivity index (χ1v) is 4.01. The van der Waals surface area contributed by atoms with Crippen LogP contribution in [0.25, 0.3) is 0 Å². The molecule has 72 valence electrons. The Morgan fingerprint density at radius 1 is 1.43 bits per heavy atom. The molecular formula is C9H9N3O2. The molecule has 0 aliphatic heterocycles. The number of H-pyrrole nitrogens is 1. The number of nitrogens with two attached hydrogens (primary N) is 1. The minimum atomic E-state index is 0.141. The molecular weight excluding hydrogens is 182 g/mol. The number of aromatic nitrogens is 2. The molecule has 0 spiro atoms. The van der Waals surface area contributed by atoms with Crippen LogP contribution in [0.15, 0.2) is 30.5 Å². The number of nitrogen functional groups attached to an aromatic ring is 1. The Bertz CT molecular complexity index is 439. The quantitative estimate of drug-likeness (QED) is 0.671. The molecule has 0 amide bonds. The Kier molecular flexibility index (Phi) is 1.98. The molecule has 0 radical (unpaired) electrons. The summed E-state index contributed by atoms with van der Waals surface area (Å²) in [7, 11) is 0. The lowest BCUT2D eigenvalue weighted by atomic mass is 10.3. The van der Waals surface area contributed by atoms with Gasteiger partial charge in [-0.1, -0.05) is 6.07 Å². The van der Waals surface area contributed by atoms with E-state index in [0.29, 0.717) is 17.6 Å². The predicted octanol–water partition coefficient (Wildman–Crippen LogP) is 1.49. The van der Waals surface area contributed by atoms with Crippen molar-refractivity contribution in [3.63, 3.8) is 0 Å². The van der Waals surface area contributed by atoms with Gasteiger partial charge >= 0.3 is 6.01 Å². The van der Waals surface area contributed by atoms with Crippen molar-refractivity contribution in [1.82, 2.24) is 9.97 Å². The highest BCUT2D eigenvalue weighted by Crippen LogP contribution is 2.22. The second-order valence-corrected chi connectivity index (χ2v) is 2.74. The van der Waals surface area contributed by atoms with Gasteiger partial charge in [0.2, 0.25) is 0 Å². The molecule has 0 atom stereocenters. The molecule has 0 aliphatic rings. The summed E-state index contributed by atoms with van der Waals surface area (Å²) in [6.07, 6.45) is 1.46. The van der Waals surface area contributed by atoms with Crippen molar-refractivity contribution in [3.8, 4) is 17.5 Å². The summed E-state index contributed by atoms with van der Waals surface area (Å²) in [5, 5.41) is 9.16. The van der Waals surface area contributed by atoms with Crippen LogP contribution in [-0.4, -0.2) is 15.1 Å². The number of rotatable bonds is 2. The van der Waals surface area contributed by atoms with Crippen LogP contribution in [0.5, 0.6) is 17.5 Å². The van der Waals surface area contributed by atoms with Crippen molar-refractivity contribution in [3.05, 3.63) is 30.5 Å². The summed E-state index contributed by atoms with van der Waals surface area (Å²) in [5.74, 6) is 1.07. The van der Waals surface area contributed by atoms with Crippen LogP contribution in [0.1, 0.15) is 0 Å². The fourth-order valence-electron chi connectivity index (χ4n) is 1.03. The zero-order chi connectivity index (χ0) is 9.97. The number of imidazole rings is 1. The number of phenols is 1. The second-order valence-electron chi connectivity index (χ2n) is 2.74. The van der Waals surface area contributed by atoms with Crippen molar-refractivity contribution in [2.24, 2.45) is 0 Å². The summed E-state index contributed by atoms with van der Waals surface area (Å²) in [6, 6.07) is 6.73. The van der Waals surface area contributed by atoms with Crippen molar-refractivity contribution in [2.45, 2.75) is 0 Å². The standard InChI is InChI=1S/C9H9N3O2/c10-8-5-11-9(12-8)14-7-3-1-2-6(13)4-7/h1-5,13H,10H2,(H,11,12). The number of nitrogens with zero attached hydrogens (tertiary/aromatic N) is 1. The van der Waals surface area contributed by atoms with Gasteiger partial charge in [0.25, 0.3) is 0 Å². The number of aromatic hydroxyl groups is 1. The maximum Gasteiger partial charge on any atom is 0.300 e. The van der Waals surface area contributed by atoms with E-state index in [-0.39, 0.29) is 5.75 Å². The van der Waals surface area contributed by atoms with E-state index in [9.17, 15) is 0 Å². The number of aromatic amines is 1. The molecule has 2 aromatic rings. The summed E-state index contributed by atoms with van der Waals surface area (Å²) in [6.45, 7) is 0. The van der Waals surface area contributed by atoms with E-state index >= 15 is 0 Å². The molecule has 1 heterocycles. The maximum absolute atomic E-state index is 9.16. The normalized spacial score (nSPS) is 10.0. The van der Waals surface area contributed by atoms with Crippen LogP contribution in [0, 0.1) is 0 Å². The van der Waals surface area contributed by atoms with Gasteiger partial charge in [-0.3, -0.25) is 4.98 Å². The van der Waals surface area contributed by atoms with Gasteiger partial charge < -0.3 is 15.6 Å². The van der Waals surface area contributed by atoms with Gasteiger partial charge in [0.15, 0.2) is 0 Å². The molecule has 2 rings (SSSR count). The third-order valence-electron chi connectivity index (χ3n) is 1.60. The molecule has 4 N–H and O–H groups in total. The van der Waals surface area contributed by atoms with E-state index in [1.165, 1.54) is 12.3 Å². The molecule has 0 saturated heterocycles. The molecule has 5 heteroatoms. The van der Waals surface area contributed by atoms with E-state index in [0.717, 1.165) is 0 Å². The van der Waals surface area contributed by atoms with Gasteiger partial charge in [0.05, 0.1) is 6.20 Å². The largest absolute Gasteiger partial charge is 0.508 e. The lowest BCUT2D eigenvalue weighted by Crippen LogP contribution is -1.86. The minimum absolute atomic E-state index is 0.141. The molecule has 5 nitrogen and oxygen atoms in total. The van der Waals surface area contributed by atoms with Crippen molar-refractivity contribution >= 4 is 5.82 Å². The fraction of sp³-hybridized carbons (Fsp3) is 0. The topological polar surface area (TPSA) is 84.2 Å². The van der Waals surface area contributed by atoms with Crippen molar-refractivity contribution in [2.75, 3.05) is 5.73 Å². The Hall–Kier alpha value is -2.17. The molecule has 14 heavy (non-hydrogen) atoms. The van der Waals surface area contributed by atoms with Gasteiger partial charge in [0.1, 0.15) is 17.3 Å². The SMILES string of the molecule is Nc1cnc(Oc2cccc(O)c2)[nH]1. The first kappa shape index (κ1) is 8.43. The summed E-state index contributed by atoms with van der Waals surface area (Å²) >= 11 is 0. The zero-order valence-electron chi connectivity index (χ0n) is 7.27. The van der Waals surface area contributed by atoms with Crippen molar-refractivity contribution in [1.29, 1.82) is 0 Å². The average molecular weight is 191 g/mol. The fourth-order valence-corrected chi connectivity index (χ4v) is 1.03. The monoisotopic (exact) mass is 191 g/mol. The number of nitrogens with one attached hydrogen (secondary N) is 1. The van der Waals surface area contributed by atoms with E-state index in [1.807, 2.05) is 0 Å². The number of phenolic OH excluding ortho intramolecular Hbond substituents is 1. The van der Waals surface area contributed by atoms with Gasteiger partial charge in [0, 0.05) is 6.07 Å². The Balaban J connectivity index is 2.18. The number of ether oxygens (including phenoxy) is 1. The number of anilines is 1. The van der Waals surface area contributed by atoms with Crippen LogP contribution in [-0.2, 0) is 0 Å². The molecule has 0 fully saturated rings. The van der Waals surface area contributed by atoms with Gasteiger partial charge in [-0.05, 0) is 12.1 Å². The zero-order valence-corrected chi connectivity index (χ0v) is 7.27.